The lowest BCUT2D eigenvalue weighted by Crippen LogP contribution is -2.01. The Labute approximate surface area is 291 Å². The molecule has 0 aliphatic rings. The second kappa shape index (κ2) is 12.7. The van der Waals surface area contributed by atoms with Crippen molar-refractivity contribution in [1.82, 2.24) is 15.0 Å². The lowest BCUT2D eigenvalue weighted by molar-refractivity contribution is 1.07. The molecule has 0 N–H and O–H groups in total. The molecule has 1 heterocycles. The van der Waals surface area contributed by atoms with Crippen LogP contribution in [-0.4, -0.2) is 15.0 Å². The number of hydrogen-bond acceptors (Lipinski definition) is 3. The number of hydrogen-bond donors (Lipinski definition) is 0. The van der Waals surface area contributed by atoms with Crippen molar-refractivity contribution in [1.29, 1.82) is 0 Å². The van der Waals surface area contributed by atoms with Gasteiger partial charge in [-0.15, -0.1) is 0 Å². The number of fused-ring (bicyclic) bond motifs is 2. The highest BCUT2D eigenvalue weighted by atomic mass is 15.0. The van der Waals surface area contributed by atoms with E-state index in [9.17, 15) is 0 Å². The molecule has 0 bridgehead atoms. The van der Waals surface area contributed by atoms with Crippen molar-refractivity contribution in [3.8, 4) is 67.5 Å². The first-order chi connectivity index (χ1) is 24.8. The molecule has 0 saturated heterocycles. The lowest BCUT2D eigenvalue weighted by atomic mass is 9.92. The molecule has 3 nitrogen and oxygen atoms in total. The predicted molar refractivity (Wildman–Crippen MR) is 207 cm³/mol. The summed E-state index contributed by atoms with van der Waals surface area (Å²) >= 11 is 0. The van der Waals surface area contributed by atoms with Gasteiger partial charge in [0.2, 0.25) is 0 Å². The third-order valence-electron chi connectivity index (χ3n) is 9.34. The summed E-state index contributed by atoms with van der Waals surface area (Å²) in [6.45, 7) is 0. The van der Waals surface area contributed by atoms with E-state index in [1.807, 2.05) is 24.3 Å². The summed E-state index contributed by atoms with van der Waals surface area (Å²) in [7, 11) is 0. The molecule has 0 spiro atoms. The highest BCUT2D eigenvalue weighted by molar-refractivity contribution is 6.05. The van der Waals surface area contributed by atoms with Crippen LogP contribution in [0.1, 0.15) is 0 Å². The minimum Gasteiger partial charge on any atom is -0.208 e. The average molecular weight is 638 g/mol. The monoisotopic (exact) mass is 637 g/mol. The Hall–Kier alpha value is -6.71. The average Bonchev–Trinajstić information content (AvgIpc) is 3.21. The second-order valence-corrected chi connectivity index (χ2v) is 12.4. The molecule has 0 fully saturated rings. The predicted octanol–water partition coefficient (Wildman–Crippen LogP) is 12.2. The van der Waals surface area contributed by atoms with Crippen molar-refractivity contribution >= 4 is 21.5 Å². The molecule has 0 atom stereocenters. The molecule has 3 heteroatoms. The van der Waals surface area contributed by atoms with Crippen LogP contribution < -0.4 is 0 Å². The van der Waals surface area contributed by atoms with Crippen LogP contribution in [0, 0.1) is 0 Å². The van der Waals surface area contributed by atoms with E-state index < -0.39 is 0 Å². The smallest absolute Gasteiger partial charge is 0.164 e. The molecule has 9 rings (SSSR count). The van der Waals surface area contributed by atoms with E-state index in [-0.39, 0.29) is 0 Å². The van der Waals surface area contributed by atoms with Crippen LogP contribution in [0.3, 0.4) is 0 Å². The molecule has 50 heavy (non-hydrogen) atoms. The third kappa shape index (κ3) is 5.51. The molecule has 0 saturated carbocycles. The molecule has 234 valence electrons. The maximum atomic E-state index is 5.17. The zero-order chi connectivity index (χ0) is 33.3. The van der Waals surface area contributed by atoms with Gasteiger partial charge in [0.25, 0.3) is 0 Å². The summed E-state index contributed by atoms with van der Waals surface area (Å²) in [5.74, 6) is 1.92. The van der Waals surface area contributed by atoms with Crippen molar-refractivity contribution in [2.45, 2.75) is 0 Å². The van der Waals surface area contributed by atoms with Crippen molar-refractivity contribution in [2.24, 2.45) is 0 Å². The molecule has 0 aliphatic heterocycles. The van der Waals surface area contributed by atoms with E-state index in [1.54, 1.807) is 0 Å². The zero-order valence-electron chi connectivity index (χ0n) is 27.2. The Morgan fingerprint density at radius 1 is 0.240 bits per heavy atom. The van der Waals surface area contributed by atoms with E-state index in [0.717, 1.165) is 38.8 Å². The number of nitrogens with zero attached hydrogens (tertiary/aromatic N) is 3. The Bertz CT molecular complexity index is 2610. The van der Waals surface area contributed by atoms with Crippen LogP contribution in [0.15, 0.2) is 188 Å². The van der Waals surface area contributed by atoms with E-state index in [2.05, 4.69) is 164 Å². The third-order valence-corrected chi connectivity index (χ3v) is 9.34. The summed E-state index contributed by atoms with van der Waals surface area (Å²) in [5, 5.41) is 4.77. The van der Waals surface area contributed by atoms with Gasteiger partial charge in [-0.05, 0) is 67.1 Å². The molecule has 9 aromatic rings. The van der Waals surface area contributed by atoms with Gasteiger partial charge in [0.1, 0.15) is 0 Å². The maximum absolute atomic E-state index is 5.17. The summed E-state index contributed by atoms with van der Waals surface area (Å²) in [6.07, 6.45) is 0. The summed E-state index contributed by atoms with van der Waals surface area (Å²) in [6, 6.07) is 65.8. The van der Waals surface area contributed by atoms with Gasteiger partial charge >= 0.3 is 0 Å². The van der Waals surface area contributed by atoms with Crippen LogP contribution in [0.4, 0.5) is 0 Å². The van der Waals surface area contributed by atoms with Crippen molar-refractivity contribution in [3.05, 3.63) is 188 Å². The molecule has 0 unspecified atom stereocenters. The summed E-state index contributed by atoms with van der Waals surface area (Å²) in [5.41, 5.74) is 9.83. The standard InChI is InChI=1S/C47H31N3/c1-4-14-32(15-5-1)39-28-29-40(42-23-13-12-22-41(39)42)34-24-26-36(27-25-34)46-48-45(35-18-8-3-9-19-35)49-47(50-46)44-31-38-21-11-10-20-37(38)30-43(44)33-16-6-2-7-17-33/h1-31H. The first-order valence-electron chi connectivity index (χ1n) is 16.9. The fourth-order valence-corrected chi connectivity index (χ4v) is 6.84. The lowest BCUT2D eigenvalue weighted by Gasteiger charge is -2.14. The highest BCUT2D eigenvalue weighted by Crippen LogP contribution is 2.38. The van der Waals surface area contributed by atoms with Crippen LogP contribution >= 0.6 is 0 Å². The number of rotatable bonds is 6. The molecule has 1 aromatic heterocycles. The fraction of sp³-hybridized carbons (Fsp3) is 0. The summed E-state index contributed by atoms with van der Waals surface area (Å²) < 4.78 is 0. The molecular weight excluding hydrogens is 607 g/mol. The van der Waals surface area contributed by atoms with Gasteiger partial charge in [-0.2, -0.15) is 0 Å². The van der Waals surface area contributed by atoms with Crippen molar-refractivity contribution in [3.63, 3.8) is 0 Å². The SMILES string of the molecule is c1ccc(-c2nc(-c3ccc(-c4ccc(-c5ccccc5)c5ccccc45)cc3)nc(-c3cc4ccccc4cc3-c3ccccc3)n2)cc1. The van der Waals surface area contributed by atoms with Gasteiger partial charge < -0.3 is 0 Å². The van der Waals surface area contributed by atoms with Gasteiger partial charge in [0, 0.05) is 16.7 Å². The first-order valence-corrected chi connectivity index (χ1v) is 16.9. The van der Waals surface area contributed by atoms with E-state index >= 15 is 0 Å². The first kappa shape index (κ1) is 29.4. The molecule has 0 aliphatic carbocycles. The highest BCUT2D eigenvalue weighted by Gasteiger charge is 2.17. The molecule has 0 radical (unpaired) electrons. The van der Waals surface area contributed by atoms with Gasteiger partial charge in [-0.3, -0.25) is 0 Å². The normalized spacial score (nSPS) is 11.2. The second-order valence-electron chi connectivity index (χ2n) is 12.4. The number of benzene rings is 8. The van der Waals surface area contributed by atoms with Crippen LogP contribution in [0.5, 0.6) is 0 Å². The molecular formula is C47H31N3. The molecule has 0 amide bonds. The minimum atomic E-state index is 0.636. The Morgan fingerprint density at radius 2 is 0.600 bits per heavy atom. The summed E-state index contributed by atoms with van der Waals surface area (Å²) in [4.78, 5) is 15.3. The van der Waals surface area contributed by atoms with Gasteiger partial charge in [0.15, 0.2) is 17.5 Å². The van der Waals surface area contributed by atoms with Crippen molar-refractivity contribution < 1.29 is 0 Å². The Morgan fingerprint density at radius 3 is 1.14 bits per heavy atom. The van der Waals surface area contributed by atoms with E-state index in [0.29, 0.717) is 17.5 Å². The van der Waals surface area contributed by atoms with Crippen molar-refractivity contribution in [2.75, 3.05) is 0 Å². The number of aromatic nitrogens is 3. The van der Waals surface area contributed by atoms with Gasteiger partial charge in [-0.1, -0.05) is 176 Å². The van der Waals surface area contributed by atoms with Gasteiger partial charge in [-0.25, -0.2) is 15.0 Å². The largest absolute Gasteiger partial charge is 0.208 e. The van der Waals surface area contributed by atoms with Crippen LogP contribution in [0.25, 0.3) is 89.1 Å². The Kier molecular flexibility index (Phi) is 7.49. The topological polar surface area (TPSA) is 38.7 Å². The van der Waals surface area contributed by atoms with Gasteiger partial charge in [0.05, 0.1) is 0 Å². The van der Waals surface area contributed by atoms with E-state index in [4.69, 9.17) is 15.0 Å². The maximum Gasteiger partial charge on any atom is 0.164 e. The molecule has 8 aromatic carbocycles. The minimum absolute atomic E-state index is 0.636. The van der Waals surface area contributed by atoms with Crippen LogP contribution in [-0.2, 0) is 0 Å². The fourth-order valence-electron chi connectivity index (χ4n) is 6.84. The van der Waals surface area contributed by atoms with Crippen LogP contribution in [0.2, 0.25) is 0 Å². The van der Waals surface area contributed by atoms with E-state index in [1.165, 1.54) is 32.8 Å². The quantitative estimate of drug-likeness (QED) is 0.182. The Balaban J connectivity index is 1.18. The zero-order valence-corrected chi connectivity index (χ0v) is 27.2.